The van der Waals surface area contributed by atoms with Gasteiger partial charge in [-0.15, -0.1) is 11.6 Å². The molecule has 9 nitrogen and oxygen atoms in total. The number of hydrogen-bond donors (Lipinski definition) is 4. The van der Waals surface area contributed by atoms with Crippen molar-refractivity contribution in [2.45, 2.75) is 80.4 Å². The lowest BCUT2D eigenvalue weighted by Crippen LogP contribution is -2.66. The minimum atomic E-state index is -3.90. The van der Waals surface area contributed by atoms with E-state index in [2.05, 4.69) is 12.2 Å². The third-order valence-electron chi connectivity index (χ3n) is 5.82. The SMILES string of the molecule is CCC[C@@H]1C[C@H](C(=O)N[C@@H](C2O[C@H](S(C)(=O)=O)[C@@H](O)[C@H](O)[C@H]2O)[C@H](C)Cl)N(C)C1. The standard InChI is InChI=1S/C18H33ClN2O7S/c1-5-6-10-7-11(21(3)8-10)17(25)20-12(9(2)19)16-14(23)13(22)15(24)18(28-16)29(4,26)27/h9-16,18,22-24H,5-8H2,1-4H3,(H,20,25)/t9-,10+,11+,12+,13+,14+,15-,16?,18+/m0/s1. The highest BCUT2D eigenvalue weighted by molar-refractivity contribution is 7.91. The zero-order chi connectivity index (χ0) is 22.1. The third-order valence-corrected chi connectivity index (χ3v) is 7.33. The molecule has 0 spiro atoms. The number of ether oxygens (including phenoxy) is 1. The van der Waals surface area contributed by atoms with Crippen LogP contribution < -0.4 is 5.32 Å². The number of carbonyl (C=O) groups excluding carboxylic acids is 1. The number of rotatable bonds is 7. The normalized spacial score (nSPS) is 38.6. The summed E-state index contributed by atoms with van der Waals surface area (Å²) in [4.78, 5) is 14.9. The van der Waals surface area contributed by atoms with Crippen LogP contribution in [0.4, 0.5) is 0 Å². The summed E-state index contributed by atoms with van der Waals surface area (Å²) in [6.07, 6.45) is -2.88. The molecule has 2 fully saturated rings. The lowest BCUT2D eigenvalue weighted by molar-refractivity contribution is -0.207. The minimum absolute atomic E-state index is 0.295. The molecule has 0 saturated carbocycles. The number of carbonyl (C=O) groups is 1. The summed E-state index contributed by atoms with van der Waals surface area (Å²) in [5.74, 6) is 0.117. The number of amides is 1. The molecule has 1 amide bonds. The molecule has 4 N–H and O–H groups in total. The molecule has 2 rings (SSSR count). The number of likely N-dealkylation sites (N-methyl/N-ethyl adjacent to an activating group) is 1. The largest absolute Gasteiger partial charge is 0.388 e. The van der Waals surface area contributed by atoms with E-state index >= 15 is 0 Å². The summed E-state index contributed by atoms with van der Waals surface area (Å²) in [5.41, 5.74) is -1.73. The smallest absolute Gasteiger partial charge is 0.237 e. The Kier molecular flexibility index (Phi) is 8.34. The second kappa shape index (κ2) is 9.76. The Balaban J connectivity index is 2.19. The van der Waals surface area contributed by atoms with Gasteiger partial charge in [-0.3, -0.25) is 9.69 Å². The number of aliphatic hydroxyl groups is 3. The first-order valence-electron chi connectivity index (χ1n) is 9.91. The Morgan fingerprint density at radius 2 is 1.90 bits per heavy atom. The molecule has 0 aromatic heterocycles. The van der Waals surface area contributed by atoms with Crippen LogP contribution in [-0.2, 0) is 19.4 Å². The van der Waals surface area contributed by atoms with Crippen LogP contribution in [0.25, 0.3) is 0 Å². The fourth-order valence-corrected chi connectivity index (χ4v) is 5.48. The lowest BCUT2D eigenvalue weighted by Gasteiger charge is -2.43. The maximum absolute atomic E-state index is 12.9. The zero-order valence-corrected chi connectivity index (χ0v) is 18.8. The summed E-state index contributed by atoms with van der Waals surface area (Å²) in [5, 5.41) is 32.6. The van der Waals surface area contributed by atoms with E-state index in [9.17, 15) is 28.5 Å². The van der Waals surface area contributed by atoms with E-state index in [1.54, 1.807) is 6.92 Å². The van der Waals surface area contributed by atoms with Crippen molar-refractivity contribution in [1.29, 1.82) is 0 Å². The minimum Gasteiger partial charge on any atom is -0.388 e. The summed E-state index contributed by atoms with van der Waals surface area (Å²) in [6, 6.07) is -1.34. The van der Waals surface area contributed by atoms with Crippen LogP contribution in [0.2, 0.25) is 0 Å². The number of nitrogens with one attached hydrogen (secondary N) is 1. The fraction of sp³-hybridized carbons (Fsp3) is 0.944. The van der Waals surface area contributed by atoms with Gasteiger partial charge in [0.05, 0.1) is 17.5 Å². The fourth-order valence-electron chi connectivity index (χ4n) is 4.27. The second-order valence-corrected chi connectivity index (χ2v) is 11.1. The van der Waals surface area contributed by atoms with E-state index in [0.717, 1.165) is 25.6 Å². The Morgan fingerprint density at radius 1 is 1.28 bits per heavy atom. The number of halogens is 1. The second-order valence-electron chi connectivity index (χ2n) is 8.33. The lowest BCUT2D eigenvalue weighted by atomic mass is 9.92. The number of likely N-dealkylation sites (tertiary alicyclic amines) is 1. The van der Waals surface area contributed by atoms with E-state index < -0.39 is 51.1 Å². The van der Waals surface area contributed by atoms with Gasteiger partial charge in [0.2, 0.25) is 5.91 Å². The molecular weight excluding hydrogens is 424 g/mol. The average Bonchev–Trinajstić information content (AvgIpc) is 2.97. The molecule has 2 aliphatic rings. The Morgan fingerprint density at radius 3 is 2.41 bits per heavy atom. The molecule has 0 bridgehead atoms. The van der Waals surface area contributed by atoms with Crippen molar-refractivity contribution in [2.24, 2.45) is 5.92 Å². The molecule has 1 unspecified atom stereocenters. The number of alkyl halides is 1. The van der Waals surface area contributed by atoms with Gasteiger partial charge in [0.25, 0.3) is 0 Å². The van der Waals surface area contributed by atoms with E-state index in [0.29, 0.717) is 12.3 Å². The maximum Gasteiger partial charge on any atom is 0.237 e. The van der Waals surface area contributed by atoms with Crippen LogP contribution in [0.1, 0.15) is 33.1 Å². The number of sulfone groups is 1. The first kappa shape index (κ1) is 24.8. The van der Waals surface area contributed by atoms with Gasteiger partial charge in [-0.1, -0.05) is 13.3 Å². The molecule has 170 valence electrons. The molecule has 9 atom stereocenters. The molecule has 0 aliphatic carbocycles. The maximum atomic E-state index is 12.9. The van der Waals surface area contributed by atoms with E-state index in [1.807, 2.05) is 11.9 Å². The van der Waals surface area contributed by atoms with Crippen molar-refractivity contribution in [3.8, 4) is 0 Å². The van der Waals surface area contributed by atoms with Crippen LogP contribution in [0.3, 0.4) is 0 Å². The molecule has 2 heterocycles. The highest BCUT2D eigenvalue weighted by atomic mass is 35.5. The van der Waals surface area contributed by atoms with Crippen molar-refractivity contribution in [3.63, 3.8) is 0 Å². The van der Waals surface area contributed by atoms with Gasteiger partial charge in [-0.25, -0.2) is 8.42 Å². The Hall–Kier alpha value is -0.490. The van der Waals surface area contributed by atoms with Crippen LogP contribution in [0.5, 0.6) is 0 Å². The molecule has 2 aliphatic heterocycles. The topological polar surface area (TPSA) is 136 Å². The summed E-state index contributed by atoms with van der Waals surface area (Å²) >= 11 is 6.24. The van der Waals surface area contributed by atoms with Crippen molar-refractivity contribution in [3.05, 3.63) is 0 Å². The average molecular weight is 457 g/mol. The van der Waals surface area contributed by atoms with Crippen LogP contribution in [0, 0.1) is 5.92 Å². The number of hydrogen-bond acceptors (Lipinski definition) is 8. The van der Waals surface area contributed by atoms with E-state index in [-0.39, 0.29) is 11.9 Å². The number of nitrogens with zero attached hydrogens (tertiary/aromatic N) is 1. The Bertz CT molecular complexity index is 677. The van der Waals surface area contributed by atoms with Crippen molar-refractivity contribution in [2.75, 3.05) is 19.8 Å². The van der Waals surface area contributed by atoms with Crippen LogP contribution in [0.15, 0.2) is 0 Å². The monoisotopic (exact) mass is 456 g/mol. The van der Waals surface area contributed by atoms with Crippen LogP contribution >= 0.6 is 11.6 Å². The van der Waals surface area contributed by atoms with Gasteiger partial charge in [0, 0.05) is 12.8 Å². The Labute approximate surface area is 177 Å². The van der Waals surface area contributed by atoms with Crippen molar-refractivity contribution >= 4 is 27.3 Å². The first-order valence-corrected chi connectivity index (χ1v) is 12.3. The first-order chi connectivity index (χ1) is 13.4. The van der Waals surface area contributed by atoms with Crippen molar-refractivity contribution in [1.82, 2.24) is 10.2 Å². The van der Waals surface area contributed by atoms with Gasteiger partial charge in [-0.2, -0.15) is 0 Å². The predicted octanol–water partition coefficient (Wildman–Crippen LogP) is -0.929. The summed E-state index contributed by atoms with van der Waals surface area (Å²) in [7, 11) is -2.03. The van der Waals surface area contributed by atoms with Crippen LogP contribution in [-0.4, -0.2) is 102 Å². The predicted molar refractivity (Wildman–Crippen MR) is 108 cm³/mol. The third kappa shape index (κ3) is 5.61. The molecule has 0 radical (unpaired) electrons. The molecule has 0 aromatic rings. The summed E-state index contributed by atoms with van der Waals surface area (Å²) in [6.45, 7) is 4.47. The zero-order valence-electron chi connectivity index (χ0n) is 17.2. The quantitative estimate of drug-likeness (QED) is 0.361. The van der Waals surface area contributed by atoms with Gasteiger partial charge in [0.15, 0.2) is 15.3 Å². The molecule has 0 aromatic carbocycles. The van der Waals surface area contributed by atoms with Gasteiger partial charge < -0.3 is 25.4 Å². The highest BCUT2D eigenvalue weighted by Gasteiger charge is 2.51. The van der Waals surface area contributed by atoms with Gasteiger partial charge >= 0.3 is 0 Å². The molecule has 29 heavy (non-hydrogen) atoms. The highest BCUT2D eigenvalue weighted by Crippen LogP contribution is 2.29. The van der Waals surface area contributed by atoms with Gasteiger partial charge in [-0.05, 0) is 32.7 Å². The molecule has 11 heteroatoms. The number of aliphatic hydroxyl groups excluding tert-OH is 3. The molecular formula is C18H33ClN2O7S. The van der Waals surface area contributed by atoms with E-state index in [1.165, 1.54) is 0 Å². The van der Waals surface area contributed by atoms with E-state index in [4.69, 9.17) is 16.3 Å². The van der Waals surface area contributed by atoms with Gasteiger partial charge in [0.1, 0.15) is 24.4 Å². The van der Waals surface area contributed by atoms with Crippen molar-refractivity contribution < 1.29 is 33.3 Å². The molecule has 2 saturated heterocycles. The summed E-state index contributed by atoms with van der Waals surface area (Å²) < 4.78 is 29.4.